The number of nitrogens with zero attached hydrogens (tertiary/aromatic N) is 1. The standard InChI is InChI=1S/C13H16N2O3S/c14-9-10-5-7-11(8-6-10)19(17,18)15-12-3-1-2-4-13(12)16/h5-8,12-13,15-16H,1-4H2/t12-,13-/m1/s1. The van der Waals surface area contributed by atoms with E-state index >= 15 is 0 Å². The molecule has 0 amide bonds. The van der Waals surface area contributed by atoms with Crippen LogP contribution in [-0.2, 0) is 10.0 Å². The summed E-state index contributed by atoms with van der Waals surface area (Å²) in [6, 6.07) is 7.24. The molecule has 1 fully saturated rings. The monoisotopic (exact) mass is 280 g/mol. The Morgan fingerprint density at radius 2 is 1.84 bits per heavy atom. The quantitative estimate of drug-likeness (QED) is 0.868. The van der Waals surface area contributed by atoms with Gasteiger partial charge >= 0.3 is 0 Å². The second kappa shape index (κ2) is 5.70. The molecule has 2 N–H and O–H groups in total. The molecule has 102 valence electrons. The van der Waals surface area contributed by atoms with E-state index in [0.717, 1.165) is 12.8 Å². The highest BCUT2D eigenvalue weighted by Crippen LogP contribution is 2.20. The molecule has 1 aromatic rings. The summed E-state index contributed by atoms with van der Waals surface area (Å²) in [4.78, 5) is 0.115. The second-order valence-corrected chi connectivity index (χ2v) is 6.43. The lowest BCUT2D eigenvalue weighted by molar-refractivity contribution is 0.101. The minimum Gasteiger partial charge on any atom is -0.391 e. The highest BCUT2D eigenvalue weighted by molar-refractivity contribution is 7.89. The maximum Gasteiger partial charge on any atom is 0.240 e. The zero-order valence-electron chi connectivity index (χ0n) is 10.4. The molecule has 0 aromatic heterocycles. The summed E-state index contributed by atoms with van der Waals surface area (Å²) in [6.07, 6.45) is 2.49. The van der Waals surface area contributed by atoms with Crippen molar-refractivity contribution in [2.45, 2.75) is 42.7 Å². The Bertz CT molecular complexity index is 575. The van der Waals surface area contributed by atoms with Crippen molar-refractivity contribution in [1.82, 2.24) is 4.72 Å². The van der Waals surface area contributed by atoms with Crippen LogP contribution in [0.25, 0.3) is 0 Å². The second-order valence-electron chi connectivity index (χ2n) is 4.72. The van der Waals surface area contributed by atoms with Crippen molar-refractivity contribution >= 4 is 10.0 Å². The molecule has 5 nitrogen and oxygen atoms in total. The van der Waals surface area contributed by atoms with Crippen molar-refractivity contribution in [2.24, 2.45) is 0 Å². The van der Waals surface area contributed by atoms with Gasteiger partial charge in [0.25, 0.3) is 0 Å². The lowest BCUT2D eigenvalue weighted by Crippen LogP contribution is -2.44. The van der Waals surface area contributed by atoms with Crippen LogP contribution in [0, 0.1) is 11.3 Å². The molecule has 0 radical (unpaired) electrons. The average molecular weight is 280 g/mol. The van der Waals surface area contributed by atoms with Crippen LogP contribution in [0.1, 0.15) is 31.2 Å². The summed E-state index contributed by atoms with van der Waals surface area (Å²) in [5.41, 5.74) is 0.414. The number of aliphatic hydroxyl groups is 1. The number of sulfonamides is 1. The molecule has 1 saturated carbocycles. The summed E-state index contributed by atoms with van der Waals surface area (Å²) in [6.45, 7) is 0. The SMILES string of the molecule is N#Cc1ccc(S(=O)(=O)N[C@@H]2CCCC[C@H]2O)cc1. The molecule has 0 bridgehead atoms. The molecule has 0 aliphatic heterocycles. The fourth-order valence-electron chi connectivity index (χ4n) is 2.22. The van der Waals surface area contributed by atoms with Gasteiger partial charge in [0.05, 0.1) is 22.6 Å². The molecule has 2 atom stereocenters. The summed E-state index contributed by atoms with van der Waals surface area (Å²) in [7, 11) is -3.64. The van der Waals surface area contributed by atoms with Crippen LogP contribution in [0.3, 0.4) is 0 Å². The first-order valence-electron chi connectivity index (χ1n) is 6.23. The van der Waals surface area contributed by atoms with E-state index in [1.165, 1.54) is 24.3 Å². The van der Waals surface area contributed by atoms with Crippen molar-refractivity contribution in [1.29, 1.82) is 5.26 Å². The van der Waals surface area contributed by atoms with E-state index in [4.69, 9.17) is 5.26 Å². The Balaban J connectivity index is 2.15. The topological polar surface area (TPSA) is 90.2 Å². The van der Waals surface area contributed by atoms with E-state index in [-0.39, 0.29) is 4.90 Å². The molecule has 2 rings (SSSR count). The first-order valence-corrected chi connectivity index (χ1v) is 7.72. The van der Waals surface area contributed by atoms with E-state index in [9.17, 15) is 13.5 Å². The predicted molar refractivity (Wildman–Crippen MR) is 69.7 cm³/mol. The van der Waals surface area contributed by atoms with E-state index < -0.39 is 22.2 Å². The van der Waals surface area contributed by atoms with E-state index in [2.05, 4.69) is 4.72 Å². The van der Waals surface area contributed by atoms with Crippen LogP contribution >= 0.6 is 0 Å². The molecule has 1 aromatic carbocycles. The Kier molecular flexibility index (Phi) is 4.20. The smallest absolute Gasteiger partial charge is 0.240 e. The van der Waals surface area contributed by atoms with Crippen LogP contribution in [0.5, 0.6) is 0 Å². The minimum absolute atomic E-state index is 0.115. The molecule has 19 heavy (non-hydrogen) atoms. The summed E-state index contributed by atoms with van der Waals surface area (Å²) < 4.78 is 26.8. The Hall–Kier alpha value is -1.42. The third-order valence-electron chi connectivity index (χ3n) is 3.33. The van der Waals surface area contributed by atoms with Gasteiger partial charge in [0.2, 0.25) is 10.0 Å². The van der Waals surface area contributed by atoms with Gasteiger partial charge in [-0.2, -0.15) is 5.26 Å². The van der Waals surface area contributed by atoms with Crippen molar-refractivity contribution < 1.29 is 13.5 Å². The van der Waals surface area contributed by atoms with Crippen LogP contribution in [0.15, 0.2) is 29.2 Å². The average Bonchev–Trinajstić information content (AvgIpc) is 2.41. The van der Waals surface area contributed by atoms with Gasteiger partial charge in [0.1, 0.15) is 0 Å². The summed E-state index contributed by atoms with van der Waals surface area (Å²) >= 11 is 0. The molecule has 0 unspecified atom stereocenters. The van der Waals surface area contributed by atoms with Crippen LogP contribution < -0.4 is 4.72 Å². The number of rotatable bonds is 3. The van der Waals surface area contributed by atoms with Crippen LogP contribution in [-0.4, -0.2) is 25.7 Å². The van der Waals surface area contributed by atoms with Gasteiger partial charge in [-0.3, -0.25) is 0 Å². The van der Waals surface area contributed by atoms with Gasteiger partial charge in [-0.1, -0.05) is 12.8 Å². The molecule has 0 saturated heterocycles. The van der Waals surface area contributed by atoms with Gasteiger partial charge < -0.3 is 5.11 Å². The highest BCUT2D eigenvalue weighted by atomic mass is 32.2. The van der Waals surface area contributed by atoms with E-state index in [1.807, 2.05) is 6.07 Å². The number of nitriles is 1. The minimum atomic E-state index is -3.64. The number of hydrogen-bond donors (Lipinski definition) is 2. The van der Waals surface area contributed by atoms with Gasteiger partial charge in [0.15, 0.2) is 0 Å². The van der Waals surface area contributed by atoms with Gasteiger partial charge in [-0.15, -0.1) is 0 Å². The maximum absolute atomic E-state index is 12.1. The lowest BCUT2D eigenvalue weighted by Gasteiger charge is -2.28. The molecule has 1 aliphatic rings. The number of benzene rings is 1. The van der Waals surface area contributed by atoms with Crippen molar-refractivity contribution in [3.8, 4) is 6.07 Å². The molecule has 0 heterocycles. The molecule has 0 spiro atoms. The van der Waals surface area contributed by atoms with Crippen molar-refractivity contribution in [2.75, 3.05) is 0 Å². The van der Waals surface area contributed by atoms with Crippen LogP contribution in [0.4, 0.5) is 0 Å². The first-order chi connectivity index (χ1) is 9.03. The highest BCUT2D eigenvalue weighted by Gasteiger charge is 2.27. The molecular formula is C13H16N2O3S. The third kappa shape index (κ3) is 3.32. The van der Waals surface area contributed by atoms with Gasteiger partial charge in [0, 0.05) is 6.04 Å². The molecular weight excluding hydrogens is 264 g/mol. The number of hydrogen-bond acceptors (Lipinski definition) is 4. The Morgan fingerprint density at radius 3 is 2.42 bits per heavy atom. The molecule has 1 aliphatic carbocycles. The van der Waals surface area contributed by atoms with E-state index in [0.29, 0.717) is 18.4 Å². The van der Waals surface area contributed by atoms with Crippen LogP contribution in [0.2, 0.25) is 0 Å². The summed E-state index contributed by atoms with van der Waals surface area (Å²) in [5.74, 6) is 0. The lowest BCUT2D eigenvalue weighted by atomic mass is 9.93. The zero-order chi connectivity index (χ0) is 13.9. The largest absolute Gasteiger partial charge is 0.391 e. The van der Waals surface area contributed by atoms with Gasteiger partial charge in [-0.05, 0) is 37.1 Å². The third-order valence-corrected chi connectivity index (χ3v) is 4.84. The van der Waals surface area contributed by atoms with E-state index in [1.54, 1.807) is 0 Å². The Labute approximate surface area is 112 Å². The maximum atomic E-state index is 12.1. The molecule has 6 heteroatoms. The summed E-state index contributed by atoms with van der Waals surface area (Å²) in [5, 5.41) is 18.5. The van der Waals surface area contributed by atoms with Crippen molar-refractivity contribution in [3.05, 3.63) is 29.8 Å². The first kappa shape index (κ1) is 14.0. The number of aliphatic hydroxyl groups excluding tert-OH is 1. The normalized spacial score (nSPS) is 23.8. The predicted octanol–water partition coefficient (Wildman–Crippen LogP) is 1.14. The fourth-order valence-corrected chi connectivity index (χ4v) is 3.53. The Morgan fingerprint density at radius 1 is 1.21 bits per heavy atom. The fraction of sp³-hybridized carbons (Fsp3) is 0.462. The number of nitrogens with one attached hydrogen (secondary N) is 1. The van der Waals surface area contributed by atoms with Gasteiger partial charge in [-0.25, -0.2) is 13.1 Å². The van der Waals surface area contributed by atoms with Crippen molar-refractivity contribution in [3.63, 3.8) is 0 Å². The zero-order valence-corrected chi connectivity index (χ0v) is 11.2.